The molecule has 0 spiro atoms. The molecule has 2 heteroatoms. The smallest absolute Gasteiger partial charge is 0.119 e. The third-order valence-electron chi connectivity index (χ3n) is 3.42. The van der Waals surface area contributed by atoms with Gasteiger partial charge in [0.25, 0.3) is 0 Å². The van der Waals surface area contributed by atoms with Gasteiger partial charge < -0.3 is 10.5 Å². The Bertz CT molecular complexity index is 493. The molecule has 0 aliphatic rings. The van der Waals surface area contributed by atoms with E-state index < -0.39 is 0 Å². The van der Waals surface area contributed by atoms with E-state index in [4.69, 9.17) is 10.5 Å². The van der Waals surface area contributed by atoms with Crippen molar-refractivity contribution in [1.82, 2.24) is 0 Å². The molecule has 0 aliphatic carbocycles. The van der Waals surface area contributed by atoms with Crippen LogP contribution < -0.4 is 10.5 Å². The van der Waals surface area contributed by atoms with Crippen LogP contribution in [-0.2, 0) is 13.0 Å². The molecule has 2 rings (SSSR count). The fourth-order valence-electron chi connectivity index (χ4n) is 2.25. The molecule has 2 aromatic rings. The molecule has 106 valence electrons. The highest BCUT2D eigenvalue weighted by molar-refractivity contribution is 5.28. The van der Waals surface area contributed by atoms with Gasteiger partial charge in [0.2, 0.25) is 0 Å². The van der Waals surface area contributed by atoms with Gasteiger partial charge in [-0.05, 0) is 48.6 Å². The fraction of sp³-hybridized carbons (Fsp3) is 0.333. The molecule has 0 saturated carbocycles. The predicted molar refractivity (Wildman–Crippen MR) is 83.8 cm³/mol. The summed E-state index contributed by atoms with van der Waals surface area (Å²) in [6.07, 6.45) is 2.16. The van der Waals surface area contributed by atoms with Crippen molar-refractivity contribution < 1.29 is 4.74 Å². The molecule has 0 radical (unpaired) electrons. The summed E-state index contributed by atoms with van der Waals surface area (Å²) in [5.74, 6) is 1.56. The van der Waals surface area contributed by atoms with E-state index in [1.807, 2.05) is 30.3 Å². The fourth-order valence-corrected chi connectivity index (χ4v) is 2.25. The van der Waals surface area contributed by atoms with E-state index in [-0.39, 0.29) is 0 Å². The summed E-state index contributed by atoms with van der Waals surface area (Å²) in [6.45, 7) is 3.62. The van der Waals surface area contributed by atoms with E-state index in [0.717, 1.165) is 25.1 Å². The zero-order chi connectivity index (χ0) is 14.2. The minimum absolute atomic E-state index is 0.615. The Hall–Kier alpha value is -1.80. The van der Waals surface area contributed by atoms with Crippen molar-refractivity contribution in [3.8, 4) is 5.75 Å². The van der Waals surface area contributed by atoms with Crippen molar-refractivity contribution in [2.75, 3.05) is 6.54 Å². The molecule has 0 aliphatic heterocycles. The first-order valence-corrected chi connectivity index (χ1v) is 7.23. The number of benzene rings is 2. The largest absolute Gasteiger partial charge is 0.489 e. The Morgan fingerprint density at radius 2 is 1.65 bits per heavy atom. The zero-order valence-electron chi connectivity index (χ0n) is 12.1. The zero-order valence-corrected chi connectivity index (χ0v) is 12.1. The molecular formula is C18H23NO. The summed E-state index contributed by atoms with van der Waals surface area (Å²) in [6, 6.07) is 18.6. The maximum Gasteiger partial charge on any atom is 0.119 e. The Morgan fingerprint density at radius 3 is 2.30 bits per heavy atom. The summed E-state index contributed by atoms with van der Waals surface area (Å²) in [7, 11) is 0. The summed E-state index contributed by atoms with van der Waals surface area (Å²) >= 11 is 0. The topological polar surface area (TPSA) is 35.2 Å². The third kappa shape index (κ3) is 4.71. The van der Waals surface area contributed by atoms with Crippen LogP contribution in [0.2, 0.25) is 0 Å². The Labute approximate surface area is 121 Å². The highest BCUT2D eigenvalue weighted by Gasteiger charge is 2.03. The van der Waals surface area contributed by atoms with Crippen LogP contribution in [0.4, 0.5) is 0 Å². The molecule has 0 fully saturated rings. The summed E-state index contributed by atoms with van der Waals surface area (Å²) in [4.78, 5) is 0. The van der Waals surface area contributed by atoms with Crippen LogP contribution in [0.3, 0.4) is 0 Å². The van der Waals surface area contributed by atoms with Gasteiger partial charge in [-0.2, -0.15) is 0 Å². The normalized spacial score (nSPS) is 12.1. The monoisotopic (exact) mass is 269 g/mol. The van der Waals surface area contributed by atoms with Gasteiger partial charge in [0.15, 0.2) is 0 Å². The second-order valence-corrected chi connectivity index (χ2v) is 5.30. The predicted octanol–water partition coefficient (Wildman–Crippen LogP) is 3.79. The van der Waals surface area contributed by atoms with E-state index in [2.05, 4.69) is 31.2 Å². The minimum atomic E-state index is 0.615. The molecule has 1 atom stereocenters. The molecule has 0 bridgehead atoms. The average Bonchev–Trinajstić information content (AvgIpc) is 2.48. The number of ether oxygens (including phenoxy) is 1. The lowest BCUT2D eigenvalue weighted by Gasteiger charge is -2.11. The number of hydrogen-bond acceptors (Lipinski definition) is 2. The van der Waals surface area contributed by atoms with Crippen molar-refractivity contribution >= 4 is 0 Å². The summed E-state index contributed by atoms with van der Waals surface area (Å²) in [5.41, 5.74) is 8.12. The molecule has 2 aromatic carbocycles. The van der Waals surface area contributed by atoms with E-state index in [0.29, 0.717) is 12.5 Å². The second kappa shape index (κ2) is 7.71. The highest BCUT2D eigenvalue weighted by Crippen LogP contribution is 2.17. The lowest BCUT2D eigenvalue weighted by molar-refractivity contribution is 0.306. The van der Waals surface area contributed by atoms with Crippen molar-refractivity contribution in [1.29, 1.82) is 0 Å². The number of rotatable bonds is 7. The van der Waals surface area contributed by atoms with Crippen LogP contribution in [-0.4, -0.2) is 6.54 Å². The van der Waals surface area contributed by atoms with E-state index in [9.17, 15) is 0 Å². The second-order valence-electron chi connectivity index (χ2n) is 5.30. The van der Waals surface area contributed by atoms with Crippen LogP contribution in [0, 0.1) is 5.92 Å². The van der Waals surface area contributed by atoms with Gasteiger partial charge in [-0.1, -0.05) is 49.4 Å². The van der Waals surface area contributed by atoms with Crippen LogP contribution in [0.5, 0.6) is 5.75 Å². The van der Waals surface area contributed by atoms with Gasteiger partial charge in [-0.3, -0.25) is 0 Å². The summed E-state index contributed by atoms with van der Waals surface area (Å²) < 4.78 is 5.78. The van der Waals surface area contributed by atoms with Crippen molar-refractivity contribution in [2.24, 2.45) is 11.7 Å². The number of hydrogen-bond donors (Lipinski definition) is 1. The molecule has 2 nitrogen and oxygen atoms in total. The molecule has 20 heavy (non-hydrogen) atoms. The van der Waals surface area contributed by atoms with Crippen molar-refractivity contribution in [2.45, 2.75) is 26.4 Å². The van der Waals surface area contributed by atoms with E-state index in [1.165, 1.54) is 11.1 Å². The van der Waals surface area contributed by atoms with Crippen LogP contribution in [0.25, 0.3) is 0 Å². The lowest BCUT2D eigenvalue weighted by Crippen LogP contribution is -2.08. The number of nitrogens with two attached hydrogens (primary N) is 1. The Kier molecular flexibility index (Phi) is 5.63. The van der Waals surface area contributed by atoms with Gasteiger partial charge in [-0.15, -0.1) is 0 Å². The maximum atomic E-state index is 5.78. The first kappa shape index (κ1) is 14.6. The van der Waals surface area contributed by atoms with Crippen LogP contribution in [0.1, 0.15) is 24.5 Å². The first-order valence-electron chi connectivity index (χ1n) is 7.23. The van der Waals surface area contributed by atoms with Crippen molar-refractivity contribution in [3.63, 3.8) is 0 Å². The molecular weight excluding hydrogens is 246 g/mol. The third-order valence-corrected chi connectivity index (χ3v) is 3.42. The van der Waals surface area contributed by atoms with E-state index >= 15 is 0 Å². The molecule has 0 saturated heterocycles. The molecule has 0 aromatic heterocycles. The molecule has 1 unspecified atom stereocenters. The van der Waals surface area contributed by atoms with Crippen LogP contribution >= 0.6 is 0 Å². The average molecular weight is 269 g/mol. The Morgan fingerprint density at radius 1 is 0.950 bits per heavy atom. The van der Waals surface area contributed by atoms with Gasteiger partial charge in [0.1, 0.15) is 12.4 Å². The minimum Gasteiger partial charge on any atom is -0.489 e. The first-order chi connectivity index (χ1) is 9.78. The van der Waals surface area contributed by atoms with Gasteiger partial charge in [-0.25, -0.2) is 0 Å². The molecule has 2 N–H and O–H groups in total. The van der Waals surface area contributed by atoms with Crippen LogP contribution in [0.15, 0.2) is 54.6 Å². The summed E-state index contributed by atoms with van der Waals surface area (Å²) in [5, 5.41) is 0. The van der Waals surface area contributed by atoms with E-state index in [1.54, 1.807) is 0 Å². The van der Waals surface area contributed by atoms with Gasteiger partial charge in [0.05, 0.1) is 0 Å². The Balaban J connectivity index is 1.85. The molecule has 0 amide bonds. The SMILES string of the molecule is CC(CCN)Cc1ccc(OCc2ccccc2)cc1. The standard InChI is InChI=1S/C18H23NO/c1-15(11-12-19)13-16-7-9-18(10-8-16)20-14-17-5-3-2-4-6-17/h2-10,15H,11-14,19H2,1H3. The molecule has 0 heterocycles. The quantitative estimate of drug-likeness (QED) is 0.830. The van der Waals surface area contributed by atoms with Gasteiger partial charge >= 0.3 is 0 Å². The van der Waals surface area contributed by atoms with Gasteiger partial charge in [0, 0.05) is 0 Å². The lowest BCUT2D eigenvalue weighted by atomic mass is 9.98. The maximum absolute atomic E-state index is 5.78. The highest BCUT2D eigenvalue weighted by atomic mass is 16.5. The van der Waals surface area contributed by atoms with Crippen molar-refractivity contribution in [3.05, 3.63) is 65.7 Å².